The predicted molar refractivity (Wildman–Crippen MR) is 82.4 cm³/mol. The van der Waals surface area contributed by atoms with Gasteiger partial charge < -0.3 is 9.88 Å². The molecule has 96 valence electrons. The predicted octanol–water partition coefficient (Wildman–Crippen LogP) is 3.23. The Bertz CT molecular complexity index is 464. The molecule has 0 spiro atoms. The van der Waals surface area contributed by atoms with Crippen LogP contribution in [-0.2, 0) is 6.54 Å². The first-order valence-corrected chi connectivity index (χ1v) is 7.20. The highest BCUT2D eigenvalue weighted by molar-refractivity contribution is 14.1. The lowest BCUT2D eigenvalue weighted by atomic mass is 10.1. The topological polar surface area (TPSA) is 29.9 Å². The van der Waals surface area contributed by atoms with Gasteiger partial charge in [-0.05, 0) is 54.1 Å². The second-order valence-corrected chi connectivity index (χ2v) is 5.85. The Labute approximate surface area is 122 Å². The van der Waals surface area contributed by atoms with Crippen LogP contribution in [0.25, 0.3) is 0 Å². The van der Waals surface area contributed by atoms with Crippen molar-refractivity contribution in [2.45, 2.75) is 32.5 Å². The van der Waals surface area contributed by atoms with Gasteiger partial charge in [0.2, 0.25) is 0 Å². The zero-order valence-corrected chi connectivity index (χ0v) is 12.8. The van der Waals surface area contributed by atoms with Gasteiger partial charge in [0.1, 0.15) is 0 Å². The molecule has 3 nitrogen and oxygen atoms in total. The highest BCUT2D eigenvalue weighted by Crippen LogP contribution is 2.15. The summed E-state index contributed by atoms with van der Waals surface area (Å²) in [5.41, 5.74) is 1.33. The third-order valence-electron chi connectivity index (χ3n) is 2.95. The molecule has 0 radical (unpaired) electrons. The molecule has 0 aliphatic carbocycles. The second-order valence-electron chi connectivity index (χ2n) is 4.60. The molecule has 1 heterocycles. The maximum absolute atomic E-state index is 4.06. The summed E-state index contributed by atoms with van der Waals surface area (Å²) in [4.78, 5) is 4.06. The van der Waals surface area contributed by atoms with Crippen LogP contribution in [0.2, 0.25) is 0 Å². The maximum Gasteiger partial charge on any atom is 0.0946 e. The third-order valence-corrected chi connectivity index (χ3v) is 3.67. The van der Waals surface area contributed by atoms with E-state index < -0.39 is 0 Å². The summed E-state index contributed by atoms with van der Waals surface area (Å²) in [6.45, 7) is 5.34. The monoisotopic (exact) mass is 355 g/mol. The van der Waals surface area contributed by atoms with Gasteiger partial charge in [-0.2, -0.15) is 0 Å². The Kier molecular flexibility index (Phi) is 4.77. The normalized spacial score (nSPS) is 14.4. The van der Waals surface area contributed by atoms with Crippen LogP contribution in [0.5, 0.6) is 0 Å². The number of rotatable bonds is 5. The first-order valence-electron chi connectivity index (χ1n) is 6.12. The Morgan fingerprint density at radius 1 is 1.28 bits per heavy atom. The van der Waals surface area contributed by atoms with E-state index in [0.717, 1.165) is 6.54 Å². The number of hydrogen-bond acceptors (Lipinski definition) is 2. The van der Waals surface area contributed by atoms with Crippen molar-refractivity contribution in [3.05, 3.63) is 52.1 Å². The van der Waals surface area contributed by atoms with Crippen LogP contribution in [0.4, 0.5) is 0 Å². The standard InChI is InChI=1S/C14H18IN3/c1-11(9-18-8-7-16-10-18)17-12(2)13-3-5-14(15)6-4-13/h3-8,10-12,17H,9H2,1-2H3. The molecule has 2 aromatic rings. The fraction of sp³-hybridized carbons (Fsp3) is 0.357. The number of imidazole rings is 1. The first kappa shape index (κ1) is 13.5. The molecule has 1 aromatic carbocycles. The fourth-order valence-corrected chi connectivity index (χ4v) is 2.40. The Morgan fingerprint density at radius 3 is 2.61 bits per heavy atom. The van der Waals surface area contributed by atoms with Crippen LogP contribution in [0, 0.1) is 3.57 Å². The zero-order chi connectivity index (χ0) is 13.0. The van der Waals surface area contributed by atoms with Gasteiger partial charge in [-0.25, -0.2) is 4.98 Å². The SMILES string of the molecule is CC(Cn1ccnc1)NC(C)c1ccc(I)cc1. The molecule has 0 amide bonds. The van der Waals surface area contributed by atoms with Gasteiger partial charge in [0.15, 0.2) is 0 Å². The molecule has 0 saturated carbocycles. The van der Waals surface area contributed by atoms with Crippen LogP contribution >= 0.6 is 22.6 Å². The Morgan fingerprint density at radius 2 is 2.00 bits per heavy atom. The van der Waals surface area contributed by atoms with E-state index in [-0.39, 0.29) is 0 Å². The number of halogens is 1. The highest BCUT2D eigenvalue weighted by atomic mass is 127. The summed E-state index contributed by atoms with van der Waals surface area (Å²) in [5.74, 6) is 0. The van der Waals surface area contributed by atoms with E-state index in [1.165, 1.54) is 9.13 Å². The summed E-state index contributed by atoms with van der Waals surface area (Å²) in [6.07, 6.45) is 5.66. The number of aromatic nitrogens is 2. The highest BCUT2D eigenvalue weighted by Gasteiger charge is 2.09. The van der Waals surface area contributed by atoms with Crippen molar-refractivity contribution in [2.24, 2.45) is 0 Å². The minimum absolute atomic E-state index is 0.362. The van der Waals surface area contributed by atoms with Crippen LogP contribution < -0.4 is 5.32 Å². The van der Waals surface area contributed by atoms with Crippen molar-refractivity contribution in [2.75, 3.05) is 0 Å². The van der Waals surface area contributed by atoms with Crippen molar-refractivity contribution >= 4 is 22.6 Å². The molecular formula is C14H18IN3. The molecule has 2 unspecified atom stereocenters. The van der Waals surface area contributed by atoms with E-state index in [0.29, 0.717) is 12.1 Å². The minimum Gasteiger partial charge on any atom is -0.336 e. The summed E-state index contributed by atoms with van der Waals surface area (Å²) in [5, 5.41) is 3.60. The van der Waals surface area contributed by atoms with Crippen molar-refractivity contribution in [1.82, 2.24) is 14.9 Å². The average molecular weight is 355 g/mol. The molecule has 0 fully saturated rings. The van der Waals surface area contributed by atoms with Gasteiger partial charge in [0.05, 0.1) is 6.33 Å². The van der Waals surface area contributed by atoms with Crippen molar-refractivity contribution in [3.8, 4) is 0 Å². The van der Waals surface area contributed by atoms with E-state index in [1.807, 2.05) is 18.7 Å². The summed E-state index contributed by atoms with van der Waals surface area (Å²) in [6, 6.07) is 9.43. The fourth-order valence-electron chi connectivity index (χ4n) is 2.04. The summed E-state index contributed by atoms with van der Waals surface area (Å²) < 4.78 is 3.37. The molecule has 2 atom stereocenters. The van der Waals surface area contributed by atoms with E-state index >= 15 is 0 Å². The molecule has 1 N–H and O–H groups in total. The van der Waals surface area contributed by atoms with Gasteiger partial charge in [0.25, 0.3) is 0 Å². The van der Waals surface area contributed by atoms with Crippen LogP contribution in [0.15, 0.2) is 43.0 Å². The molecule has 1 aromatic heterocycles. The van der Waals surface area contributed by atoms with E-state index in [2.05, 4.69) is 75.6 Å². The van der Waals surface area contributed by atoms with Crippen molar-refractivity contribution < 1.29 is 0 Å². The zero-order valence-electron chi connectivity index (χ0n) is 10.7. The lowest BCUT2D eigenvalue weighted by Gasteiger charge is -2.20. The summed E-state index contributed by atoms with van der Waals surface area (Å²) >= 11 is 2.33. The average Bonchev–Trinajstić information content (AvgIpc) is 2.82. The van der Waals surface area contributed by atoms with Crippen molar-refractivity contribution in [1.29, 1.82) is 0 Å². The van der Waals surface area contributed by atoms with Gasteiger partial charge in [-0.15, -0.1) is 0 Å². The van der Waals surface area contributed by atoms with E-state index in [4.69, 9.17) is 0 Å². The van der Waals surface area contributed by atoms with Gasteiger partial charge >= 0.3 is 0 Å². The maximum atomic E-state index is 4.06. The molecule has 2 rings (SSSR count). The van der Waals surface area contributed by atoms with Crippen LogP contribution in [-0.4, -0.2) is 15.6 Å². The molecular weight excluding hydrogens is 337 g/mol. The van der Waals surface area contributed by atoms with E-state index in [1.54, 1.807) is 0 Å². The number of nitrogens with one attached hydrogen (secondary N) is 1. The largest absolute Gasteiger partial charge is 0.336 e. The van der Waals surface area contributed by atoms with Gasteiger partial charge in [0, 0.05) is 34.6 Å². The van der Waals surface area contributed by atoms with Crippen LogP contribution in [0.3, 0.4) is 0 Å². The Balaban J connectivity index is 1.90. The molecule has 4 heteroatoms. The van der Waals surface area contributed by atoms with Gasteiger partial charge in [-0.3, -0.25) is 0 Å². The molecule has 0 bridgehead atoms. The molecule has 0 aliphatic rings. The number of nitrogens with zero attached hydrogens (tertiary/aromatic N) is 2. The first-order chi connectivity index (χ1) is 8.65. The number of hydrogen-bond donors (Lipinski definition) is 1. The van der Waals surface area contributed by atoms with Gasteiger partial charge in [-0.1, -0.05) is 12.1 Å². The Hall–Kier alpha value is -0.880. The smallest absolute Gasteiger partial charge is 0.0946 e. The number of benzene rings is 1. The third kappa shape index (κ3) is 3.81. The second kappa shape index (κ2) is 6.33. The lowest BCUT2D eigenvalue weighted by molar-refractivity contribution is 0.430. The molecule has 0 saturated heterocycles. The van der Waals surface area contributed by atoms with Crippen LogP contribution in [0.1, 0.15) is 25.5 Å². The molecule has 18 heavy (non-hydrogen) atoms. The quantitative estimate of drug-likeness (QED) is 0.835. The van der Waals surface area contributed by atoms with E-state index in [9.17, 15) is 0 Å². The van der Waals surface area contributed by atoms with Crippen molar-refractivity contribution in [3.63, 3.8) is 0 Å². The summed E-state index contributed by atoms with van der Waals surface area (Å²) in [7, 11) is 0. The lowest BCUT2D eigenvalue weighted by Crippen LogP contribution is -2.32. The minimum atomic E-state index is 0.362. The molecule has 0 aliphatic heterocycles.